The molecule has 1 aliphatic heterocycles. The quantitative estimate of drug-likeness (QED) is 0.734. The standard InChI is InChI=1S/C15H20N2O3/c1-2-10(18)7-8-16-14(19)9-12-11-5-3-4-6-13(11)17-15(12)20/h3-6,10,12,18H,2,7-9H2,1H3,(H,16,19)(H,17,20). The van der Waals surface area contributed by atoms with E-state index in [1.807, 2.05) is 31.2 Å². The fourth-order valence-corrected chi connectivity index (χ4v) is 2.32. The van der Waals surface area contributed by atoms with Gasteiger partial charge in [-0.25, -0.2) is 0 Å². The second-order valence-electron chi connectivity index (χ2n) is 5.03. The molecule has 1 aromatic carbocycles. The van der Waals surface area contributed by atoms with Crippen LogP contribution < -0.4 is 10.6 Å². The number of rotatable bonds is 6. The highest BCUT2D eigenvalue weighted by Gasteiger charge is 2.31. The largest absolute Gasteiger partial charge is 0.393 e. The van der Waals surface area contributed by atoms with Gasteiger partial charge in [-0.05, 0) is 24.5 Å². The van der Waals surface area contributed by atoms with Crippen LogP contribution in [0.1, 0.15) is 37.7 Å². The maximum atomic E-state index is 11.9. The number of fused-ring (bicyclic) bond motifs is 1. The van der Waals surface area contributed by atoms with Crippen molar-refractivity contribution in [1.29, 1.82) is 0 Å². The molecular formula is C15H20N2O3. The summed E-state index contributed by atoms with van der Waals surface area (Å²) in [4.78, 5) is 23.7. The van der Waals surface area contributed by atoms with Crippen molar-refractivity contribution < 1.29 is 14.7 Å². The topological polar surface area (TPSA) is 78.4 Å². The van der Waals surface area contributed by atoms with E-state index in [4.69, 9.17) is 0 Å². The number of amides is 2. The molecule has 0 aliphatic carbocycles. The Morgan fingerprint density at radius 3 is 2.95 bits per heavy atom. The highest BCUT2D eigenvalue weighted by Crippen LogP contribution is 2.34. The van der Waals surface area contributed by atoms with Gasteiger partial charge in [-0.3, -0.25) is 9.59 Å². The lowest BCUT2D eigenvalue weighted by molar-refractivity contribution is -0.125. The SMILES string of the molecule is CCC(O)CCNC(=O)CC1C(=O)Nc2ccccc21. The average Bonchev–Trinajstić information content (AvgIpc) is 2.75. The Morgan fingerprint density at radius 1 is 1.45 bits per heavy atom. The van der Waals surface area contributed by atoms with Gasteiger partial charge in [0, 0.05) is 18.7 Å². The van der Waals surface area contributed by atoms with E-state index in [-0.39, 0.29) is 24.3 Å². The molecule has 1 aromatic rings. The van der Waals surface area contributed by atoms with Crippen molar-refractivity contribution in [2.45, 2.75) is 38.2 Å². The molecule has 2 rings (SSSR count). The molecule has 108 valence electrons. The van der Waals surface area contributed by atoms with Crippen molar-refractivity contribution in [3.05, 3.63) is 29.8 Å². The van der Waals surface area contributed by atoms with Crippen LogP contribution in [0.5, 0.6) is 0 Å². The predicted molar refractivity (Wildman–Crippen MR) is 76.4 cm³/mol. The molecule has 5 nitrogen and oxygen atoms in total. The van der Waals surface area contributed by atoms with Gasteiger partial charge in [0.1, 0.15) is 0 Å². The van der Waals surface area contributed by atoms with E-state index in [9.17, 15) is 14.7 Å². The molecule has 3 N–H and O–H groups in total. The molecule has 0 fully saturated rings. The number of benzene rings is 1. The Bertz CT molecular complexity index is 502. The first kappa shape index (κ1) is 14.5. The number of aliphatic hydroxyl groups is 1. The third-order valence-electron chi connectivity index (χ3n) is 3.57. The zero-order valence-electron chi connectivity index (χ0n) is 11.6. The van der Waals surface area contributed by atoms with Crippen molar-refractivity contribution in [1.82, 2.24) is 5.32 Å². The van der Waals surface area contributed by atoms with Gasteiger partial charge in [-0.2, -0.15) is 0 Å². The summed E-state index contributed by atoms with van der Waals surface area (Å²) in [5.41, 5.74) is 1.66. The van der Waals surface area contributed by atoms with E-state index in [1.165, 1.54) is 0 Å². The van der Waals surface area contributed by atoms with Crippen molar-refractivity contribution in [2.75, 3.05) is 11.9 Å². The lowest BCUT2D eigenvalue weighted by Gasteiger charge is -2.11. The van der Waals surface area contributed by atoms with Gasteiger partial charge in [0.15, 0.2) is 0 Å². The Kier molecular flexibility index (Phi) is 4.74. The van der Waals surface area contributed by atoms with Gasteiger partial charge in [0.2, 0.25) is 11.8 Å². The van der Waals surface area contributed by atoms with Crippen LogP contribution in [0.15, 0.2) is 24.3 Å². The summed E-state index contributed by atoms with van der Waals surface area (Å²) in [6.45, 7) is 2.33. The van der Waals surface area contributed by atoms with Crippen molar-refractivity contribution >= 4 is 17.5 Å². The molecule has 0 bridgehead atoms. The Morgan fingerprint density at radius 2 is 2.20 bits per heavy atom. The van der Waals surface area contributed by atoms with Crippen molar-refractivity contribution in [3.63, 3.8) is 0 Å². The molecule has 2 amide bonds. The molecule has 1 heterocycles. The first-order valence-electron chi connectivity index (χ1n) is 6.96. The Balaban J connectivity index is 1.87. The smallest absolute Gasteiger partial charge is 0.232 e. The zero-order chi connectivity index (χ0) is 14.5. The molecule has 5 heteroatoms. The summed E-state index contributed by atoms with van der Waals surface area (Å²) >= 11 is 0. The first-order valence-corrected chi connectivity index (χ1v) is 6.96. The van der Waals surface area contributed by atoms with Gasteiger partial charge in [0.25, 0.3) is 0 Å². The zero-order valence-corrected chi connectivity index (χ0v) is 11.6. The Hall–Kier alpha value is -1.88. The van der Waals surface area contributed by atoms with E-state index in [0.717, 1.165) is 11.3 Å². The van der Waals surface area contributed by atoms with Crippen LogP contribution in [0.4, 0.5) is 5.69 Å². The number of carbonyl (C=O) groups is 2. The van der Waals surface area contributed by atoms with Crippen LogP contribution in [0.3, 0.4) is 0 Å². The highest BCUT2D eigenvalue weighted by atomic mass is 16.3. The van der Waals surface area contributed by atoms with Gasteiger partial charge < -0.3 is 15.7 Å². The van der Waals surface area contributed by atoms with Gasteiger partial charge >= 0.3 is 0 Å². The van der Waals surface area contributed by atoms with E-state index >= 15 is 0 Å². The maximum Gasteiger partial charge on any atom is 0.232 e. The monoisotopic (exact) mass is 276 g/mol. The van der Waals surface area contributed by atoms with Crippen LogP contribution >= 0.6 is 0 Å². The fraction of sp³-hybridized carbons (Fsp3) is 0.467. The minimum atomic E-state index is -0.415. The molecule has 0 saturated heterocycles. The van der Waals surface area contributed by atoms with Crippen LogP contribution in [0.25, 0.3) is 0 Å². The van der Waals surface area contributed by atoms with Crippen LogP contribution in [-0.4, -0.2) is 29.6 Å². The molecule has 0 radical (unpaired) electrons. The lowest BCUT2D eigenvalue weighted by Crippen LogP contribution is -2.29. The Labute approximate surface area is 118 Å². The van der Waals surface area contributed by atoms with E-state index in [1.54, 1.807) is 0 Å². The number of nitrogens with one attached hydrogen (secondary N) is 2. The van der Waals surface area contributed by atoms with Crippen molar-refractivity contribution in [2.24, 2.45) is 0 Å². The summed E-state index contributed by atoms with van der Waals surface area (Å²) in [6.07, 6.45) is 0.973. The maximum absolute atomic E-state index is 11.9. The van der Waals surface area contributed by atoms with Gasteiger partial charge in [0.05, 0.1) is 12.0 Å². The van der Waals surface area contributed by atoms with Gasteiger partial charge in [-0.1, -0.05) is 25.1 Å². The molecule has 20 heavy (non-hydrogen) atoms. The number of hydrogen-bond donors (Lipinski definition) is 3. The molecule has 2 atom stereocenters. The number of carbonyl (C=O) groups excluding carboxylic acids is 2. The number of para-hydroxylation sites is 1. The first-order chi connectivity index (χ1) is 9.61. The lowest BCUT2D eigenvalue weighted by atomic mass is 9.97. The third kappa shape index (κ3) is 3.36. The van der Waals surface area contributed by atoms with E-state index in [2.05, 4.69) is 10.6 Å². The fourth-order valence-electron chi connectivity index (χ4n) is 2.32. The molecule has 2 unspecified atom stereocenters. The van der Waals surface area contributed by atoms with E-state index in [0.29, 0.717) is 19.4 Å². The number of anilines is 1. The molecule has 0 spiro atoms. The normalized spacial score (nSPS) is 18.3. The summed E-state index contributed by atoms with van der Waals surface area (Å²) in [5.74, 6) is -0.706. The number of hydrogen-bond acceptors (Lipinski definition) is 3. The summed E-state index contributed by atoms with van der Waals surface area (Å²) in [6, 6.07) is 7.42. The molecule has 0 saturated carbocycles. The summed E-state index contributed by atoms with van der Waals surface area (Å²) in [7, 11) is 0. The highest BCUT2D eigenvalue weighted by molar-refractivity contribution is 6.04. The minimum Gasteiger partial charge on any atom is -0.393 e. The second-order valence-corrected chi connectivity index (χ2v) is 5.03. The van der Waals surface area contributed by atoms with Crippen molar-refractivity contribution in [3.8, 4) is 0 Å². The van der Waals surface area contributed by atoms with Crippen LogP contribution in [0, 0.1) is 0 Å². The van der Waals surface area contributed by atoms with E-state index < -0.39 is 5.92 Å². The van der Waals surface area contributed by atoms with Crippen LogP contribution in [-0.2, 0) is 9.59 Å². The predicted octanol–water partition coefficient (Wildman–Crippen LogP) is 1.39. The summed E-state index contributed by atoms with van der Waals surface area (Å²) < 4.78 is 0. The molecule has 0 aromatic heterocycles. The molecular weight excluding hydrogens is 256 g/mol. The number of aliphatic hydroxyl groups excluding tert-OH is 1. The summed E-state index contributed by atoms with van der Waals surface area (Å²) in [5, 5.41) is 14.9. The van der Waals surface area contributed by atoms with Gasteiger partial charge in [-0.15, -0.1) is 0 Å². The average molecular weight is 276 g/mol. The molecule has 1 aliphatic rings. The van der Waals surface area contributed by atoms with Crippen LogP contribution in [0.2, 0.25) is 0 Å². The third-order valence-corrected chi connectivity index (χ3v) is 3.57. The minimum absolute atomic E-state index is 0.130. The second kappa shape index (κ2) is 6.52.